The molecule has 0 aromatic heterocycles. The normalized spacial score (nSPS) is 15.6. The Morgan fingerprint density at radius 2 is 1.78 bits per heavy atom. The molecule has 3 rings (SSSR count). The van der Waals surface area contributed by atoms with E-state index in [4.69, 9.17) is 18.9 Å². The van der Waals surface area contributed by atoms with E-state index in [0.29, 0.717) is 36.0 Å². The van der Waals surface area contributed by atoms with E-state index in [1.807, 2.05) is 24.3 Å². The molecule has 0 spiro atoms. The van der Waals surface area contributed by atoms with Crippen LogP contribution in [0.5, 0.6) is 23.0 Å². The number of hydrogen-bond acceptors (Lipinski definition) is 5. The summed E-state index contributed by atoms with van der Waals surface area (Å²) in [6.07, 6.45) is 1.20. The number of rotatable bonds is 7. The number of benzene rings is 2. The van der Waals surface area contributed by atoms with Crippen LogP contribution in [0, 0.1) is 0 Å². The lowest BCUT2D eigenvalue weighted by atomic mass is 9.83. The second kappa shape index (κ2) is 8.20. The van der Waals surface area contributed by atoms with Gasteiger partial charge in [-0.2, -0.15) is 0 Å². The first-order valence-electron chi connectivity index (χ1n) is 8.99. The van der Waals surface area contributed by atoms with Crippen molar-refractivity contribution >= 4 is 11.6 Å². The summed E-state index contributed by atoms with van der Waals surface area (Å²) in [7, 11) is 4.71. The molecule has 1 atom stereocenters. The van der Waals surface area contributed by atoms with Crippen molar-refractivity contribution in [3.63, 3.8) is 0 Å². The minimum atomic E-state index is -0.212. The summed E-state index contributed by atoms with van der Waals surface area (Å²) in [5, 5.41) is 2.93. The van der Waals surface area contributed by atoms with Gasteiger partial charge in [0, 0.05) is 29.5 Å². The van der Waals surface area contributed by atoms with Gasteiger partial charge in [0.25, 0.3) is 0 Å². The monoisotopic (exact) mass is 371 g/mol. The molecule has 2 aromatic carbocycles. The Morgan fingerprint density at radius 1 is 1.04 bits per heavy atom. The van der Waals surface area contributed by atoms with Gasteiger partial charge in [-0.05, 0) is 12.5 Å². The van der Waals surface area contributed by atoms with Crippen LogP contribution >= 0.6 is 0 Å². The summed E-state index contributed by atoms with van der Waals surface area (Å²) >= 11 is 0. The van der Waals surface area contributed by atoms with Gasteiger partial charge in [-0.1, -0.05) is 25.1 Å². The molecule has 1 N–H and O–H groups in total. The van der Waals surface area contributed by atoms with Crippen molar-refractivity contribution in [2.75, 3.05) is 33.3 Å². The Labute approximate surface area is 159 Å². The van der Waals surface area contributed by atoms with Crippen molar-refractivity contribution in [2.45, 2.75) is 25.7 Å². The van der Waals surface area contributed by atoms with E-state index in [1.165, 1.54) is 0 Å². The number of carbonyl (C=O) groups excluding carboxylic acids is 1. The molecule has 144 valence electrons. The molecule has 0 fully saturated rings. The van der Waals surface area contributed by atoms with Crippen molar-refractivity contribution < 1.29 is 23.7 Å². The third-order valence-corrected chi connectivity index (χ3v) is 4.64. The lowest BCUT2D eigenvalue weighted by Crippen LogP contribution is -2.25. The number of fused-ring (bicyclic) bond motifs is 1. The smallest absolute Gasteiger partial charge is 0.225 e. The number of anilines is 1. The lowest BCUT2D eigenvalue weighted by Gasteiger charge is -2.30. The first kappa shape index (κ1) is 18.9. The maximum Gasteiger partial charge on any atom is 0.225 e. The minimum absolute atomic E-state index is 0.0629. The highest BCUT2D eigenvalue weighted by Crippen LogP contribution is 2.52. The predicted octanol–water partition coefficient (Wildman–Crippen LogP) is 3.98. The van der Waals surface area contributed by atoms with E-state index < -0.39 is 0 Å². The first-order valence-corrected chi connectivity index (χ1v) is 8.99. The number of hydrogen-bond donors (Lipinski definition) is 1. The molecule has 0 saturated carbocycles. The molecule has 0 saturated heterocycles. The van der Waals surface area contributed by atoms with Crippen molar-refractivity contribution in [1.29, 1.82) is 0 Å². The maximum atomic E-state index is 12.4. The van der Waals surface area contributed by atoms with Crippen LogP contribution in [-0.4, -0.2) is 33.8 Å². The van der Waals surface area contributed by atoms with E-state index in [2.05, 4.69) is 12.2 Å². The summed E-state index contributed by atoms with van der Waals surface area (Å²) in [6, 6.07) is 9.59. The van der Waals surface area contributed by atoms with Gasteiger partial charge in [-0.15, -0.1) is 0 Å². The summed E-state index contributed by atoms with van der Waals surface area (Å²) in [4.78, 5) is 12.4. The third-order valence-electron chi connectivity index (χ3n) is 4.64. The van der Waals surface area contributed by atoms with Crippen molar-refractivity contribution in [2.24, 2.45) is 0 Å². The maximum absolute atomic E-state index is 12.4. The van der Waals surface area contributed by atoms with Gasteiger partial charge in [0.05, 0.1) is 33.6 Å². The SMILES string of the molecule is CCCOc1ccccc1[C@@H]1CC(=O)Nc2cc(OC)c(OC)c(OC)c21. The molecule has 1 amide bonds. The average molecular weight is 371 g/mol. The molecule has 0 aliphatic carbocycles. The van der Waals surface area contributed by atoms with Gasteiger partial charge in [0.2, 0.25) is 11.7 Å². The van der Waals surface area contributed by atoms with Crippen LogP contribution in [0.3, 0.4) is 0 Å². The highest BCUT2D eigenvalue weighted by molar-refractivity contribution is 5.97. The fraction of sp³-hybridized carbons (Fsp3) is 0.381. The number of methoxy groups -OCH3 is 3. The predicted molar refractivity (Wildman–Crippen MR) is 103 cm³/mol. The van der Waals surface area contributed by atoms with Gasteiger partial charge >= 0.3 is 0 Å². The summed E-state index contributed by atoms with van der Waals surface area (Å²) in [5.74, 6) is 2.07. The lowest BCUT2D eigenvalue weighted by molar-refractivity contribution is -0.116. The summed E-state index contributed by atoms with van der Waals surface area (Å²) in [6.45, 7) is 2.68. The quantitative estimate of drug-likeness (QED) is 0.798. The topological polar surface area (TPSA) is 66.0 Å². The van der Waals surface area contributed by atoms with Crippen LogP contribution in [0.15, 0.2) is 30.3 Å². The van der Waals surface area contributed by atoms with Crippen LogP contribution in [-0.2, 0) is 4.79 Å². The Morgan fingerprint density at radius 3 is 2.44 bits per heavy atom. The second-order valence-corrected chi connectivity index (χ2v) is 6.30. The van der Waals surface area contributed by atoms with Gasteiger partial charge in [0.1, 0.15) is 5.75 Å². The third kappa shape index (κ3) is 3.52. The fourth-order valence-corrected chi connectivity index (χ4v) is 3.49. The zero-order valence-corrected chi connectivity index (χ0v) is 16.1. The zero-order chi connectivity index (χ0) is 19.4. The standard InChI is InChI=1S/C21H25NO5/c1-5-10-27-16-9-7-6-8-13(16)14-11-18(23)22-15-12-17(24-2)20(25-3)21(26-4)19(14)15/h6-9,12,14H,5,10-11H2,1-4H3,(H,22,23)/t14-/m0/s1. The van der Waals surface area contributed by atoms with Crippen LogP contribution in [0.4, 0.5) is 5.69 Å². The highest BCUT2D eigenvalue weighted by atomic mass is 16.5. The summed E-state index contributed by atoms with van der Waals surface area (Å²) < 4.78 is 22.6. The molecule has 0 bridgehead atoms. The fourth-order valence-electron chi connectivity index (χ4n) is 3.49. The molecule has 6 nitrogen and oxygen atoms in total. The van der Waals surface area contributed by atoms with E-state index in [9.17, 15) is 4.79 Å². The molecule has 0 unspecified atom stereocenters. The second-order valence-electron chi connectivity index (χ2n) is 6.30. The zero-order valence-electron chi connectivity index (χ0n) is 16.1. The van der Waals surface area contributed by atoms with Crippen LogP contribution < -0.4 is 24.3 Å². The molecule has 1 aliphatic rings. The van der Waals surface area contributed by atoms with Crippen molar-refractivity contribution in [3.05, 3.63) is 41.5 Å². The van der Waals surface area contributed by atoms with E-state index in [-0.39, 0.29) is 11.8 Å². The number of carbonyl (C=O) groups is 1. The Hall–Kier alpha value is -2.89. The van der Waals surface area contributed by atoms with Crippen molar-refractivity contribution in [3.8, 4) is 23.0 Å². The number of amides is 1. The van der Waals surface area contributed by atoms with Gasteiger partial charge in [0.15, 0.2) is 11.5 Å². The Balaban J connectivity index is 2.20. The van der Waals surface area contributed by atoms with Gasteiger partial charge in [-0.25, -0.2) is 0 Å². The van der Waals surface area contributed by atoms with Gasteiger partial charge < -0.3 is 24.3 Å². The van der Waals surface area contributed by atoms with Gasteiger partial charge in [-0.3, -0.25) is 4.79 Å². The molecule has 6 heteroatoms. The molecule has 1 heterocycles. The van der Waals surface area contributed by atoms with Crippen LogP contribution in [0.25, 0.3) is 0 Å². The molecule has 27 heavy (non-hydrogen) atoms. The molecule has 1 aliphatic heterocycles. The van der Waals surface area contributed by atoms with Crippen LogP contribution in [0.1, 0.15) is 36.8 Å². The first-order chi connectivity index (χ1) is 13.1. The average Bonchev–Trinajstić information content (AvgIpc) is 2.70. The molecular formula is C21H25NO5. The van der Waals surface area contributed by atoms with E-state index in [0.717, 1.165) is 23.3 Å². The number of nitrogens with one attached hydrogen (secondary N) is 1. The Bertz CT molecular complexity index is 834. The van der Waals surface area contributed by atoms with Crippen LogP contribution in [0.2, 0.25) is 0 Å². The molecule has 0 radical (unpaired) electrons. The minimum Gasteiger partial charge on any atom is -0.493 e. The number of ether oxygens (including phenoxy) is 4. The highest BCUT2D eigenvalue weighted by Gasteiger charge is 2.34. The van der Waals surface area contributed by atoms with E-state index in [1.54, 1.807) is 27.4 Å². The molecular weight excluding hydrogens is 346 g/mol. The Kier molecular flexibility index (Phi) is 5.74. The van der Waals surface area contributed by atoms with Crippen molar-refractivity contribution in [1.82, 2.24) is 0 Å². The number of para-hydroxylation sites is 1. The summed E-state index contributed by atoms with van der Waals surface area (Å²) in [5.41, 5.74) is 2.48. The largest absolute Gasteiger partial charge is 0.493 e. The van der Waals surface area contributed by atoms with E-state index >= 15 is 0 Å². The molecule has 2 aromatic rings.